The number of thioether (sulfide) groups is 1. The van der Waals surface area contributed by atoms with Gasteiger partial charge in [-0.2, -0.15) is 0 Å². The van der Waals surface area contributed by atoms with Gasteiger partial charge in [0, 0.05) is 22.2 Å². The Bertz CT molecular complexity index is 1220. The molecule has 8 heteroatoms. The fourth-order valence-corrected chi connectivity index (χ4v) is 3.72. The second-order valence-electron chi connectivity index (χ2n) is 6.05. The van der Waals surface area contributed by atoms with Crippen molar-refractivity contribution in [2.75, 3.05) is 7.11 Å². The number of nitrogens with zero attached hydrogens (tertiary/aromatic N) is 2. The summed E-state index contributed by atoms with van der Waals surface area (Å²) in [6.45, 7) is 1.86. The van der Waals surface area contributed by atoms with Crippen LogP contribution in [0.4, 0.5) is 0 Å². The Hall–Kier alpha value is -2.77. The Balaban J connectivity index is 1.61. The van der Waals surface area contributed by atoms with Gasteiger partial charge in [-0.3, -0.25) is 0 Å². The van der Waals surface area contributed by atoms with Crippen LogP contribution in [0.25, 0.3) is 22.4 Å². The third kappa shape index (κ3) is 3.63. The summed E-state index contributed by atoms with van der Waals surface area (Å²) in [5.41, 5.74) is 2.45. The highest BCUT2D eigenvalue weighted by Crippen LogP contribution is 2.32. The van der Waals surface area contributed by atoms with E-state index in [2.05, 4.69) is 10.2 Å². The van der Waals surface area contributed by atoms with Gasteiger partial charge in [-0.1, -0.05) is 35.5 Å². The van der Waals surface area contributed by atoms with Crippen LogP contribution >= 0.6 is 23.4 Å². The molecule has 0 radical (unpaired) electrons. The molecule has 0 bridgehead atoms. The van der Waals surface area contributed by atoms with E-state index in [1.165, 1.54) is 17.8 Å². The summed E-state index contributed by atoms with van der Waals surface area (Å²) in [6.07, 6.45) is 0. The van der Waals surface area contributed by atoms with Crippen molar-refractivity contribution in [2.24, 2.45) is 0 Å². The molecular weight excluding hydrogens is 400 g/mol. The van der Waals surface area contributed by atoms with Crippen molar-refractivity contribution in [3.63, 3.8) is 0 Å². The molecule has 2 heterocycles. The van der Waals surface area contributed by atoms with Crippen LogP contribution in [0.1, 0.15) is 11.1 Å². The maximum absolute atomic E-state index is 11.9. The Kier molecular flexibility index (Phi) is 5.11. The number of aryl methyl sites for hydroxylation is 1. The van der Waals surface area contributed by atoms with Gasteiger partial charge in [0.2, 0.25) is 0 Å². The van der Waals surface area contributed by atoms with E-state index in [9.17, 15) is 4.79 Å². The molecule has 2 aromatic carbocycles. The van der Waals surface area contributed by atoms with E-state index in [0.717, 1.165) is 22.1 Å². The van der Waals surface area contributed by atoms with E-state index in [-0.39, 0.29) is 0 Å². The number of ether oxygens (including phenoxy) is 1. The number of methoxy groups -OCH3 is 1. The van der Waals surface area contributed by atoms with Gasteiger partial charge in [0.25, 0.3) is 11.1 Å². The van der Waals surface area contributed by atoms with Crippen molar-refractivity contribution < 1.29 is 13.6 Å². The second kappa shape index (κ2) is 7.69. The minimum atomic E-state index is -0.412. The molecule has 2 aromatic heterocycles. The van der Waals surface area contributed by atoms with Gasteiger partial charge in [0.15, 0.2) is 0 Å². The fourth-order valence-electron chi connectivity index (χ4n) is 2.81. The van der Waals surface area contributed by atoms with E-state index >= 15 is 0 Å². The zero-order valence-corrected chi connectivity index (χ0v) is 16.6. The first-order chi connectivity index (χ1) is 13.5. The summed E-state index contributed by atoms with van der Waals surface area (Å²) in [5, 5.41) is 9.96. The lowest BCUT2D eigenvalue weighted by Gasteiger charge is -2.06. The normalized spacial score (nSPS) is 11.1. The van der Waals surface area contributed by atoms with Crippen molar-refractivity contribution >= 4 is 34.3 Å². The Labute approximate surface area is 169 Å². The van der Waals surface area contributed by atoms with Crippen LogP contribution in [0.5, 0.6) is 5.75 Å². The molecule has 142 valence electrons. The lowest BCUT2D eigenvalue weighted by molar-refractivity contribution is 0.411. The number of fused-ring (bicyclic) bond motifs is 1. The van der Waals surface area contributed by atoms with E-state index < -0.39 is 5.63 Å². The molecule has 0 aliphatic rings. The second-order valence-corrected chi connectivity index (χ2v) is 7.38. The Morgan fingerprint density at radius 1 is 1.14 bits per heavy atom. The molecular formula is C20H15ClN2O4S. The zero-order valence-electron chi connectivity index (χ0n) is 15.1. The third-order valence-corrected chi connectivity index (χ3v) is 5.48. The molecule has 4 aromatic rings. The molecule has 0 N–H and O–H groups in total. The topological polar surface area (TPSA) is 78.4 Å². The molecule has 28 heavy (non-hydrogen) atoms. The summed E-state index contributed by atoms with van der Waals surface area (Å²) in [7, 11) is 1.59. The van der Waals surface area contributed by atoms with Gasteiger partial charge in [0.1, 0.15) is 11.3 Å². The van der Waals surface area contributed by atoms with Gasteiger partial charge in [-0.25, -0.2) is 4.79 Å². The van der Waals surface area contributed by atoms with E-state index in [1.807, 2.05) is 31.2 Å². The van der Waals surface area contributed by atoms with Crippen molar-refractivity contribution in [3.05, 3.63) is 69.0 Å². The molecule has 0 aliphatic carbocycles. The number of hydrogen-bond donors (Lipinski definition) is 0. The third-order valence-electron chi connectivity index (χ3n) is 4.20. The van der Waals surface area contributed by atoms with Crippen molar-refractivity contribution in [1.82, 2.24) is 10.2 Å². The molecule has 0 aliphatic heterocycles. The molecule has 0 spiro atoms. The summed E-state index contributed by atoms with van der Waals surface area (Å²) in [6, 6.07) is 12.4. The lowest BCUT2D eigenvalue weighted by Crippen LogP contribution is -2.00. The van der Waals surface area contributed by atoms with Crippen molar-refractivity contribution in [3.8, 4) is 17.2 Å². The van der Waals surface area contributed by atoms with E-state index in [4.69, 9.17) is 25.2 Å². The van der Waals surface area contributed by atoms with Gasteiger partial charge >= 0.3 is 5.63 Å². The maximum Gasteiger partial charge on any atom is 0.336 e. The number of para-hydroxylation sites is 1. The Morgan fingerprint density at radius 3 is 2.79 bits per heavy atom. The van der Waals surface area contributed by atoms with Crippen molar-refractivity contribution in [2.45, 2.75) is 17.9 Å². The highest BCUT2D eigenvalue weighted by molar-refractivity contribution is 7.98. The monoisotopic (exact) mass is 414 g/mol. The fraction of sp³-hybridized carbons (Fsp3) is 0.150. The number of aromatic nitrogens is 2. The van der Waals surface area contributed by atoms with Gasteiger partial charge < -0.3 is 13.6 Å². The van der Waals surface area contributed by atoms with Gasteiger partial charge in [-0.05, 0) is 42.3 Å². The van der Waals surface area contributed by atoms with Gasteiger partial charge in [-0.15, -0.1) is 10.2 Å². The zero-order chi connectivity index (χ0) is 19.7. The highest BCUT2D eigenvalue weighted by Gasteiger charge is 2.15. The van der Waals surface area contributed by atoms with Crippen LogP contribution in [0.15, 0.2) is 61.3 Å². The smallest absolute Gasteiger partial charge is 0.336 e. The molecule has 0 unspecified atom stereocenters. The van der Waals surface area contributed by atoms with Crippen LogP contribution in [-0.2, 0) is 5.75 Å². The maximum atomic E-state index is 11.9. The summed E-state index contributed by atoms with van der Waals surface area (Å²) in [5.74, 6) is 1.48. The van der Waals surface area contributed by atoms with Crippen LogP contribution in [0.3, 0.4) is 0 Å². The number of halogens is 1. The minimum absolute atomic E-state index is 0.371. The molecule has 0 saturated heterocycles. The average molecular weight is 415 g/mol. The summed E-state index contributed by atoms with van der Waals surface area (Å²) < 4.78 is 16.4. The first kappa shape index (κ1) is 18.6. The first-order valence-electron chi connectivity index (χ1n) is 8.37. The van der Waals surface area contributed by atoms with Crippen LogP contribution in [-0.4, -0.2) is 17.3 Å². The minimum Gasteiger partial charge on any atom is -0.496 e. The molecule has 0 saturated carbocycles. The highest BCUT2D eigenvalue weighted by atomic mass is 35.5. The van der Waals surface area contributed by atoms with Crippen molar-refractivity contribution in [1.29, 1.82) is 0 Å². The quantitative estimate of drug-likeness (QED) is 0.332. The van der Waals surface area contributed by atoms with Crippen LogP contribution in [0.2, 0.25) is 5.02 Å². The number of rotatable bonds is 5. The van der Waals surface area contributed by atoms with Crippen LogP contribution < -0.4 is 10.4 Å². The predicted octanol–water partition coefficient (Wildman–Crippen LogP) is 5.11. The molecule has 0 fully saturated rings. The standard InChI is InChI=1S/C20H15ClN2O4S/c1-11-7-17-14(9-15(11)21)12(8-18(24)26-17)10-28-20-23-22-19(27-20)13-5-3-4-6-16(13)25-2/h3-9H,10H2,1-2H3. The SMILES string of the molecule is COc1ccccc1-c1nnc(SCc2cc(=O)oc3cc(C)c(Cl)cc23)o1. The lowest BCUT2D eigenvalue weighted by atomic mass is 10.1. The predicted molar refractivity (Wildman–Crippen MR) is 108 cm³/mol. The number of hydrogen-bond acceptors (Lipinski definition) is 7. The molecule has 6 nitrogen and oxygen atoms in total. The van der Waals surface area contributed by atoms with E-state index in [1.54, 1.807) is 19.2 Å². The number of benzene rings is 2. The van der Waals surface area contributed by atoms with Crippen LogP contribution in [0, 0.1) is 6.92 Å². The summed E-state index contributed by atoms with van der Waals surface area (Å²) >= 11 is 7.57. The van der Waals surface area contributed by atoms with Gasteiger partial charge in [0.05, 0.1) is 12.7 Å². The summed E-state index contributed by atoms with van der Waals surface area (Å²) in [4.78, 5) is 11.9. The molecule has 4 rings (SSSR count). The largest absolute Gasteiger partial charge is 0.496 e. The Morgan fingerprint density at radius 2 is 1.96 bits per heavy atom. The van der Waals surface area contributed by atoms with E-state index in [0.29, 0.717) is 33.2 Å². The average Bonchev–Trinajstić information content (AvgIpc) is 3.16. The first-order valence-corrected chi connectivity index (χ1v) is 9.74. The molecule has 0 amide bonds. The molecule has 0 atom stereocenters.